The zero-order valence-corrected chi connectivity index (χ0v) is 10.8. The molecule has 0 fully saturated rings. The number of aromatic nitrogens is 1. The summed E-state index contributed by atoms with van der Waals surface area (Å²) in [6.07, 6.45) is 3.81. The smallest absolute Gasteiger partial charge is 0.221 e. The van der Waals surface area contributed by atoms with Crippen molar-refractivity contribution in [1.82, 2.24) is 4.98 Å². The van der Waals surface area contributed by atoms with Crippen LogP contribution in [0.1, 0.15) is 16.7 Å². The normalized spacial score (nSPS) is 10.2. The Morgan fingerprint density at radius 1 is 1.26 bits per heavy atom. The van der Waals surface area contributed by atoms with Crippen LogP contribution >= 0.6 is 0 Å². The van der Waals surface area contributed by atoms with Crippen molar-refractivity contribution >= 4 is 5.91 Å². The highest BCUT2D eigenvalue weighted by Crippen LogP contribution is 2.15. The number of benzene rings is 1. The molecular weight excluding hydrogens is 240 g/mol. The van der Waals surface area contributed by atoms with Crippen LogP contribution < -0.4 is 10.5 Å². The van der Waals surface area contributed by atoms with Crippen LogP contribution in [0.3, 0.4) is 0 Å². The van der Waals surface area contributed by atoms with Crippen LogP contribution in [-0.2, 0) is 17.8 Å². The van der Waals surface area contributed by atoms with E-state index in [1.807, 2.05) is 37.3 Å². The maximum Gasteiger partial charge on any atom is 0.221 e. The molecule has 4 heteroatoms. The van der Waals surface area contributed by atoms with Gasteiger partial charge in [0.25, 0.3) is 0 Å². The highest BCUT2D eigenvalue weighted by molar-refractivity contribution is 5.76. The van der Waals surface area contributed by atoms with Crippen molar-refractivity contribution in [2.45, 2.75) is 20.0 Å². The van der Waals surface area contributed by atoms with Gasteiger partial charge in [-0.1, -0.05) is 12.1 Å². The Balaban J connectivity index is 2.01. The average molecular weight is 256 g/mol. The fraction of sp³-hybridized carbons (Fsp3) is 0.200. The lowest BCUT2D eigenvalue weighted by molar-refractivity contribution is -0.117. The largest absolute Gasteiger partial charge is 0.489 e. The molecule has 2 N–H and O–H groups in total. The molecule has 2 rings (SSSR count). The van der Waals surface area contributed by atoms with Crippen LogP contribution in [-0.4, -0.2) is 10.9 Å². The second kappa shape index (κ2) is 6.00. The van der Waals surface area contributed by atoms with Crippen LogP contribution in [0.15, 0.2) is 42.7 Å². The average Bonchev–Trinajstić information content (AvgIpc) is 2.36. The lowest BCUT2D eigenvalue weighted by Gasteiger charge is -2.08. The van der Waals surface area contributed by atoms with Crippen LogP contribution in [0.5, 0.6) is 5.75 Å². The quantitative estimate of drug-likeness (QED) is 0.889. The molecule has 1 aromatic heterocycles. The molecular formula is C15H16N2O2. The number of carbonyl (C=O) groups is 1. The molecule has 0 aliphatic heterocycles. The van der Waals surface area contributed by atoms with Gasteiger partial charge in [0.05, 0.1) is 6.42 Å². The minimum Gasteiger partial charge on any atom is -0.489 e. The lowest BCUT2D eigenvalue weighted by atomic mass is 10.1. The van der Waals surface area contributed by atoms with Gasteiger partial charge in [-0.05, 0) is 36.2 Å². The molecule has 4 nitrogen and oxygen atoms in total. The van der Waals surface area contributed by atoms with Gasteiger partial charge in [-0.15, -0.1) is 0 Å². The summed E-state index contributed by atoms with van der Waals surface area (Å²) in [4.78, 5) is 15.0. The summed E-state index contributed by atoms with van der Waals surface area (Å²) >= 11 is 0. The molecule has 19 heavy (non-hydrogen) atoms. The number of aryl methyl sites for hydroxylation is 1. The second-order valence-electron chi connectivity index (χ2n) is 4.45. The van der Waals surface area contributed by atoms with E-state index in [9.17, 15) is 4.79 Å². The summed E-state index contributed by atoms with van der Waals surface area (Å²) in [6.45, 7) is 2.44. The number of nitrogens with two attached hydrogens (primary N) is 1. The van der Waals surface area contributed by atoms with Gasteiger partial charge in [0.2, 0.25) is 5.91 Å². The third-order valence-electron chi connectivity index (χ3n) is 2.61. The number of nitrogens with zero attached hydrogens (tertiary/aromatic N) is 1. The monoisotopic (exact) mass is 256 g/mol. The van der Waals surface area contributed by atoms with E-state index in [0.717, 1.165) is 22.4 Å². The predicted molar refractivity (Wildman–Crippen MR) is 72.6 cm³/mol. The van der Waals surface area contributed by atoms with Crippen molar-refractivity contribution in [2.75, 3.05) is 0 Å². The first-order chi connectivity index (χ1) is 9.13. The number of ether oxygens (including phenoxy) is 1. The van der Waals surface area contributed by atoms with Crippen LogP contribution in [0.4, 0.5) is 0 Å². The number of hydrogen-bond acceptors (Lipinski definition) is 3. The van der Waals surface area contributed by atoms with Gasteiger partial charge in [0.15, 0.2) is 0 Å². The summed E-state index contributed by atoms with van der Waals surface area (Å²) in [5.41, 5.74) is 8.14. The van der Waals surface area contributed by atoms with Crippen LogP contribution in [0, 0.1) is 6.92 Å². The molecule has 0 atom stereocenters. The third-order valence-corrected chi connectivity index (χ3v) is 2.61. The Morgan fingerprint density at radius 3 is 2.84 bits per heavy atom. The second-order valence-corrected chi connectivity index (χ2v) is 4.45. The topological polar surface area (TPSA) is 65.2 Å². The first-order valence-corrected chi connectivity index (χ1v) is 6.04. The summed E-state index contributed by atoms with van der Waals surface area (Å²) in [7, 11) is 0. The summed E-state index contributed by atoms with van der Waals surface area (Å²) in [5.74, 6) is 0.375. The number of amides is 1. The van der Waals surface area contributed by atoms with Gasteiger partial charge in [0.1, 0.15) is 12.4 Å². The molecule has 0 unspecified atom stereocenters. The van der Waals surface area contributed by atoms with E-state index < -0.39 is 0 Å². The van der Waals surface area contributed by atoms with Crippen molar-refractivity contribution in [2.24, 2.45) is 5.73 Å². The fourth-order valence-electron chi connectivity index (χ4n) is 1.81. The third kappa shape index (κ3) is 4.10. The lowest BCUT2D eigenvalue weighted by Crippen LogP contribution is -2.13. The zero-order valence-electron chi connectivity index (χ0n) is 10.8. The number of hydrogen-bond donors (Lipinski definition) is 1. The van der Waals surface area contributed by atoms with Crippen LogP contribution in [0.2, 0.25) is 0 Å². The predicted octanol–water partition coefficient (Wildman–Crippen LogP) is 2.00. The Hall–Kier alpha value is -2.36. The van der Waals surface area contributed by atoms with E-state index in [2.05, 4.69) is 4.98 Å². The first-order valence-electron chi connectivity index (χ1n) is 6.04. The minimum absolute atomic E-state index is 0.225. The van der Waals surface area contributed by atoms with E-state index in [1.165, 1.54) is 0 Å². The minimum atomic E-state index is -0.347. The van der Waals surface area contributed by atoms with Gasteiger partial charge in [-0.2, -0.15) is 0 Å². The number of carbonyl (C=O) groups excluding carboxylic acids is 1. The standard InChI is InChI=1S/C15H16N2O2/c1-11-5-13(9-17-8-11)10-19-14-4-2-3-12(6-14)7-15(16)18/h2-6,8-9H,7,10H2,1H3,(H2,16,18). The SMILES string of the molecule is Cc1cncc(COc2cccc(CC(N)=O)c2)c1. The van der Waals surface area contributed by atoms with Gasteiger partial charge in [-0.25, -0.2) is 0 Å². The Bertz CT molecular complexity index is 582. The maximum absolute atomic E-state index is 10.9. The summed E-state index contributed by atoms with van der Waals surface area (Å²) in [6, 6.07) is 9.41. The zero-order chi connectivity index (χ0) is 13.7. The molecule has 1 aromatic carbocycles. The molecule has 0 radical (unpaired) electrons. The maximum atomic E-state index is 10.9. The van der Waals surface area contributed by atoms with Crippen molar-refractivity contribution in [1.29, 1.82) is 0 Å². The molecule has 1 amide bonds. The van der Waals surface area contributed by atoms with E-state index in [-0.39, 0.29) is 12.3 Å². The molecule has 0 saturated carbocycles. The van der Waals surface area contributed by atoms with Gasteiger partial charge < -0.3 is 10.5 Å². The molecule has 0 saturated heterocycles. The van der Waals surface area contributed by atoms with E-state index in [4.69, 9.17) is 10.5 Å². The van der Waals surface area contributed by atoms with Crippen molar-refractivity contribution in [3.8, 4) is 5.75 Å². The highest BCUT2D eigenvalue weighted by Gasteiger charge is 2.01. The number of pyridine rings is 1. The van der Waals surface area contributed by atoms with Crippen molar-refractivity contribution < 1.29 is 9.53 Å². The summed E-state index contributed by atoms with van der Waals surface area (Å²) in [5, 5.41) is 0. The molecule has 2 aromatic rings. The van der Waals surface area contributed by atoms with Gasteiger partial charge in [0, 0.05) is 18.0 Å². The highest BCUT2D eigenvalue weighted by atomic mass is 16.5. The molecule has 0 spiro atoms. The molecule has 0 bridgehead atoms. The molecule has 1 heterocycles. The first kappa shape index (κ1) is 13.1. The van der Waals surface area contributed by atoms with Crippen LogP contribution in [0.25, 0.3) is 0 Å². The molecule has 0 aliphatic rings. The summed E-state index contributed by atoms with van der Waals surface area (Å²) < 4.78 is 5.68. The Morgan fingerprint density at radius 2 is 2.11 bits per heavy atom. The molecule has 98 valence electrons. The van der Waals surface area contributed by atoms with Gasteiger partial charge >= 0.3 is 0 Å². The van der Waals surface area contributed by atoms with Crippen molar-refractivity contribution in [3.63, 3.8) is 0 Å². The van der Waals surface area contributed by atoms with E-state index in [0.29, 0.717) is 6.61 Å². The fourth-order valence-corrected chi connectivity index (χ4v) is 1.81. The Kier molecular flexibility index (Phi) is 4.13. The Labute approximate surface area is 112 Å². The molecule has 0 aliphatic carbocycles. The van der Waals surface area contributed by atoms with Crippen molar-refractivity contribution in [3.05, 3.63) is 59.4 Å². The van der Waals surface area contributed by atoms with E-state index >= 15 is 0 Å². The number of rotatable bonds is 5. The van der Waals surface area contributed by atoms with Gasteiger partial charge in [-0.3, -0.25) is 9.78 Å². The number of primary amides is 1. The van der Waals surface area contributed by atoms with E-state index in [1.54, 1.807) is 12.4 Å².